The third-order valence-electron chi connectivity index (χ3n) is 6.53. The Morgan fingerprint density at radius 2 is 1.82 bits per heavy atom. The Balaban J connectivity index is 1.69. The minimum atomic E-state index is -0.184. The summed E-state index contributed by atoms with van der Waals surface area (Å²) >= 11 is 0. The van der Waals surface area contributed by atoms with Crippen LogP contribution in [-0.2, 0) is 15.0 Å². The highest BCUT2D eigenvalue weighted by Gasteiger charge is 2.37. The first kappa shape index (κ1) is 20.8. The van der Waals surface area contributed by atoms with Gasteiger partial charge in [-0.3, -0.25) is 9.59 Å². The van der Waals surface area contributed by atoms with E-state index in [1.165, 1.54) is 5.56 Å². The number of benzene rings is 1. The SMILES string of the molecule is CC(=O)N1C[C@@H](N)CC[C@@H](C(=O)NCC2(c3ccccc3)CCN(C)CC2)C1. The van der Waals surface area contributed by atoms with Gasteiger partial charge in [0.1, 0.15) is 0 Å². The molecular formula is C22H34N4O2. The first-order chi connectivity index (χ1) is 13.4. The normalized spacial score (nSPS) is 25.8. The van der Waals surface area contributed by atoms with E-state index in [2.05, 4.69) is 41.5 Å². The van der Waals surface area contributed by atoms with Gasteiger partial charge in [-0.25, -0.2) is 0 Å². The molecule has 2 atom stereocenters. The molecule has 0 aromatic heterocycles. The van der Waals surface area contributed by atoms with Gasteiger partial charge in [-0.1, -0.05) is 30.3 Å². The summed E-state index contributed by atoms with van der Waals surface area (Å²) in [5, 5.41) is 3.24. The second-order valence-corrected chi connectivity index (χ2v) is 8.63. The van der Waals surface area contributed by atoms with E-state index < -0.39 is 0 Å². The molecule has 1 aromatic carbocycles. The maximum absolute atomic E-state index is 13.0. The number of amides is 2. The van der Waals surface area contributed by atoms with Crippen molar-refractivity contribution < 1.29 is 9.59 Å². The summed E-state index contributed by atoms with van der Waals surface area (Å²) in [6.07, 6.45) is 3.57. The van der Waals surface area contributed by atoms with E-state index in [0.29, 0.717) is 19.6 Å². The van der Waals surface area contributed by atoms with Crippen molar-refractivity contribution >= 4 is 11.8 Å². The number of hydrogen-bond donors (Lipinski definition) is 2. The number of nitrogens with two attached hydrogens (primary N) is 1. The fraction of sp³-hybridized carbons (Fsp3) is 0.636. The zero-order valence-electron chi connectivity index (χ0n) is 17.2. The second-order valence-electron chi connectivity index (χ2n) is 8.63. The number of carbonyl (C=O) groups excluding carboxylic acids is 2. The number of nitrogens with zero attached hydrogens (tertiary/aromatic N) is 2. The third-order valence-corrected chi connectivity index (χ3v) is 6.53. The number of carbonyl (C=O) groups is 2. The summed E-state index contributed by atoms with van der Waals surface area (Å²) in [5.74, 6) is -0.141. The molecule has 2 saturated heterocycles. The van der Waals surface area contributed by atoms with Crippen LogP contribution in [0.15, 0.2) is 30.3 Å². The highest BCUT2D eigenvalue weighted by molar-refractivity contribution is 5.80. The maximum Gasteiger partial charge on any atom is 0.224 e. The van der Waals surface area contributed by atoms with Gasteiger partial charge in [-0.2, -0.15) is 0 Å². The Bertz CT molecular complexity index is 670. The lowest BCUT2D eigenvalue weighted by Gasteiger charge is -2.41. The van der Waals surface area contributed by atoms with Gasteiger partial charge >= 0.3 is 0 Å². The number of nitrogens with one attached hydrogen (secondary N) is 1. The van der Waals surface area contributed by atoms with Crippen molar-refractivity contribution in [1.82, 2.24) is 15.1 Å². The van der Waals surface area contributed by atoms with Crippen molar-refractivity contribution in [2.45, 2.75) is 44.1 Å². The fourth-order valence-electron chi connectivity index (χ4n) is 4.50. The molecule has 1 aromatic rings. The molecule has 0 spiro atoms. The lowest BCUT2D eigenvalue weighted by atomic mass is 9.72. The number of hydrogen-bond acceptors (Lipinski definition) is 4. The van der Waals surface area contributed by atoms with Gasteiger partial charge in [0.05, 0.1) is 5.92 Å². The number of rotatable bonds is 4. The summed E-state index contributed by atoms with van der Waals surface area (Å²) in [6.45, 7) is 5.26. The van der Waals surface area contributed by atoms with Crippen molar-refractivity contribution in [2.24, 2.45) is 11.7 Å². The predicted octanol–water partition coefficient (Wildman–Crippen LogP) is 1.35. The highest BCUT2D eigenvalue weighted by Crippen LogP contribution is 2.34. The van der Waals surface area contributed by atoms with E-state index in [0.717, 1.165) is 38.8 Å². The summed E-state index contributed by atoms with van der Waals surface area (Å²) in [6, 6.07) is 10.5. The van der Waals surface area contributed by atoms with Gasteiger partial charge in [-0.05, 0) is 51.4 Å². The van der Waals surface area contributed by atoms with E-state index in [1.807, 2.05) is 6.07 Å². The minimum absolute atomic E-state index is 0.00813. The molecule has 154 valence electrons. The Morgan fingerprint density at radius 1 is 1.14 bits per heavy atom. The average Bonchev–Trinajstić information content (AvgIpc) is 2.90. The summed E-state index contributed by atoms with van der Waals surface area (Å²) in [7, 11) is 2.15. The van der Waals surface area contributed by atoms with Crippen molar-refractivity contribution in [1.29, 1.82) is 0 Å². The molecule has 2 amide bonds. The zero-order valence-corrected chi connectivity index (χ0v) is 17.2. The molecule has 2 fully saturated rings. The third kappa shape index (κ3) is 4.92. The van der Waals surface area contributed by atoms with Crippen LogP contribution in [-0.4, -0.2) is 67.4 Å². The molecule has 0 aliphatic carbocycles. The molecular weight excluding hydrogens is 352 g/mol. The van der Waals surface area contributed by atoms with Gasteiger partial charge in [0.15, 0.2) is 0 Å². The van der Waals surface area contributed by atoms with E-state index >= 15 is 0 Å². The van der Waals surface area contributed by atoms with Crippen LogP contribution in [0.5, 0.6) is 0 Å². The Kier molecular flexibility index (Phi) is 6.73. The molecule has 6 nitrogen and oxygen atoms in total. The molecule has 0 bridgehead atoms. The summed E-state index contributed by atoms with van der Waals surface area (Å²) < 4.78 is 0. The maximum atomic E-state index is 13.0. The second kappa shape index (κ2) is 9.05. The topological polar surface area (TPSA) is 78.7 Å². The monoisotopic (exact) mass is 386 g/mol. The van der Waals surface area contributed by atoms with Gasteiger partial charge in [0, 0.05) is 38.0 Å². The van der Waals surface area contributed by atoms with Crippen LogP contribution in [0.3, 0.4) is 0 Å². The predicted molar refractivity (Wildman–Crippen MR) is 111 cm³/mol. The van der Waals surface area contributed by atoms with Crippen molar-refractivity contribution in [3.05, 3.63) is 35.9 Å². The van der Waals surface area contributed by atoms with Gasteiger partial charge < -0.3 is 20.9 Å². The zero-order chi connectivity index (χ0) is 20.1. The van der Waals surface area contributed by atoms with E-state index in [9.17, 15) is 9.59 Å². The Labute approximate surface area is 168 Å². The summed E-state index contributed by atoms with van der Waals surface area (Å²) in [5.41, 5.74) is 7.38. The smallest absolute Gasteiger partial charge is 0.224 e. The molecule has 0 radical (unpaired) electrons. The Morgan fingerprint density at radius 3 is 2.46 bits per heavy atom. The molecule has 6 heteroatoms. The molecule has 0 unspecified atom stereocenters. The van der Waals surface area contributed by atoms with Crippen molar-refractivity contribution in [3.63, 3.8) is 0 Å². The standard InChI is InChI=1S/C22H34N4O2/c1-17(27)26-14-18(8-9-20(23)15-26)21(28)24-16-22(10-12-25(2)13-11-22)19-6-4-3-5-7-19/h3-7,18,20H,8-16,23H2,1-2H3,(H,24,28)/t18-,20+/m1/s1. The minimum Gasteiger partial charge on any atom is -0.355 e. The van der Waals surface area contributed by atoms with Crippen LogP contribution in [0.2, 0.25) is 0 Å². The van der Waals surface area contributed by atoms with Crippen molar-refractivity contribution in [2.75, 3.05) is 39.8 Å². The van der Waals surface area contributed by atoms with Gasteiger partial charge in [0.2, 0.25) is 11.8 Å². The van der Waals surface area contributed by atoms with Crippen LogP contribution >= 0.6 is 0 Å². The first-order valence-electron chi connectivity index (χ1n) is 10.4. The largest absolute Gasteiger partial charge is 0.355 e. The van der Waals surface area contributed by atoms with Crippen molar-refractivity contribution in [3.8, 4) is 0 Å². The van der Waals surface area contributed by atoms with E-state index in [-0.39, 0.29) is 29.2 Å². The van der Waals surface area contributed by atoms with Crippen LogP contribution in [0.1, 0.15) is 38.2 Å². The van der Waals surface area contributed by atoms with Gasteiger partial charge in [0.25, 0.3) is 0 Å². The molecule has 2 heterocycles. The lowest BCUT2D eigenvalue weighted by Crippen LogP contribution is -2.50. The molecule has 3 rings (SSSR count). The molecule has 3 N–H and O–H groups in total. The number of piperidine rings is 1. The molecule has 2 aliphatic rings. The fourth-order valence-corrected chi connectivity index (χ4v) is 4.50. The summed E-state index contributed by atoms with van der Waals surface area (Å²) in [4.78, 5) is 29.0. The van der Waals surface area contributed by atoms with Crippen LogP contribution in [0.25, 0.3) is 0 Å². The molecule has 28 heavy (non-hydrogen) atoms. The molecule has 0 saturated carbocycles. The highest BCUT2D eigenvalue weighted by atomic mass is 16.2. The number of likely N-dealkylation sites (tertiary alicyclic amines) is 2. The average molecular weight is 387 g/mol. The van der Waals surface area contributed by atoms with Crippen LogP contribution in [0.4, 0.5) is 0 Å². The lowest BCUT2D eigenvalue weighted by molar-refractivity contribution is -0.131. The van der Waals surface area contributed by atoms with E-state index in [1.54, 1.807) is 11.8 Å². The van der Waals surface area contributed by atoms with E-state index in [4.69, 9.17) is 5.73 Å². The van der Waals surface area contributed by atoms with Gasteiger partial charge in [-0.15, -0.1) is 0 Å². The molecule has 2 aliphatic heterocycles. The van der Waals surface area contributed by atoms with Crippen LogP contribution in [0, 0.1) is 5.92 Å². The quantitative estimate of drug-likeness (QED) is 0.819. The van der Waals surface area contributed by atoms with Crippen LogP contribution < -0.4 is 11.1 Å². The first-order valence-corrected chi connectivity index (χ1v) is 10.4. The Hall–Kier alpha value is -1.92.